The molecule has 0 spiro atoms. The molecular weight excluding hydrogens is 380 g/mol. The minimum atomic E-state index is -0.526. The molecule has 7 heteroatoms. The lowest BCUT2D eigenvalue weighted by atomic mass is 9.87. The first-order valence-corrected chi connectivity index (χ1v) is 10.5. The molecule has 2 amide bonds. The zero-order chi connectivity index (χ0) is 22.3. The fourth-order valence-electron chi connectivity index (χ4n) is 4.23. The van der Waals surface area contributed by atoms with Gasteiger partial charge in [0.2, 0.25) is 5.91 Å². The van der Waals surface area contributed by atoms with Gasteiger partial charge in [-0.1, -0.05) is 19.9 Å². The molecule has 0 unspecified atom stereocenters. The Bertz CT molecular complexity index is 881. The van der Waals surface area contributed by atoms with Crippen molar-refractivity contribution in [3.05, 3.63) is 29.3 Å². The van der Waals surface area contributed by atoms with Crippen LogP contribution in [0.4, 0.5) is 10.5 Å². The van der Waals surface area contributed by atoms with E-state index in [1.54, 1.807) is 9.80 Å². The third kappa shape index (κ3) is 4.59. The van der Waals surface area contributed by atoms with Crippen LogP contribution in [0.15, 0.2) is 18.2 Å². The van der Waals surface area contributed by atoms with Crippen LogP contribution in [0.25, 0.3) is 0 Å². The van der Waals surface area contributed by atoms with Gasteiger partial charge in [0.05, 0.1) is 18.2 Å². The highest BCUT2D eigenvalue weighted by Gasteiger charge is 2.39. The number of ether oxygens (including phenoxy) is 1. The van der Waals surface area contributed by atoms with Gasteiger partial charge in [-0.05, 0) is 45.4 Å². The number of nitrogens with zero attached hydrogens (tertiary/aromatic N) is 4. The molecule has 0 bridgehead atoms. The highest BCUT2D eigenvalue weighted by molar-refractivity contribution is 5.97. The predicted octanol–water partition coefficient (Wildman–Crippen LogP) is 3.12. The van der Waals surface area contributed by atoms with Gasteiger partial charge in [-0.3, -0.25) is 9.69 Å². The Morgan fingerprint density at radius 1 is 1.27 bits per heavy atom. The Hall–Kier alpha value is -2.59. The van der Waals surface area contributed by atoms with Gasteiger partial charge in [-0.2, -0.15) is 5.26 Å². The van der Waals surface area contributed by atoms with Crippen molar-refractivity contribution in [2.75, 3.05) is 37.6 Å². The van der Waals surface area contributed by atoms with Gasteiger partial charge in [0, 0.05) is 43.3 Å². The zero-order valence-corrected chi connectivity index (χ0v) is 18.9. The van der Waals surface area contributed by atoms with Crippen molar-refractivity contribution in [3.63, 3.8) is 0 Å². The molecule has 0 aromatic heterocycles. The van der Waals surface area contributed by atoms with E-state index in [0.717, 1.165) is 11.3 Å². The summed E-state index contributed by atoms with van der Waals surface area (Å²) in [5.74, 6) is 0.0230. The molecular formula is C23H32N4O3. The van der Waals surface area contributed by atoms with Gasteiger partial charge >= 0.3 is 6.09 Å². The second-order valence-electron chi connectivity index (χ2n) is 9.97. The Kier molecular flexibility index (Phi) is 5.83. The summed E-state index contributed by atoms with van der Waals surface area (Å²) in [6, 6.07) is 7.71. The van der Waals surface area contributed by atoms with Crippen molar-refractivity contribution in [1.29, 1.82) is 5.26 Å². The molecule has 162 valence electrons. The van der Waals surface area contributed by atoms with Gasteiger partial charge in [-0.15, -0.1) is 0 Å². The van der Waals surface area contributed by atoms with E-state index in [1.165, 1.54) is 0 Å². The summed E-state index contributed by atoms with van der Waals surface area (Å²) >= 11 is 0. The first-order chi connectivity index (χ1) is 13.9. The zero-order valence-electron chi connectivity index (χ0n) is 18.9. The standard InChI is InChI=1S/C23H32N4O3/c1-16-13-25(9-10-26(16)21(29)30-22(2,3)4)14-20(28)27-15-23(5,6)18-8-7-17(12-24)11-19(18)27/h7-8,11,16H,9-10,13-15H2,1-6H3/t16-/m1/s1. The normalized spacial score (nSPS) is 21.2. The third-order valence-electron chi connectivity index (χ3n) is 5.70. The minimum Gasteiger partial charge on any atom is -0.444 e. The van der Waals surface area contributed by atoms with Crippen molar-refractivity contribution < 1.29 is 14.3 Å². The summed E-state index contributed by atoms with van der Waals surface area (Å²) in [6.07, 6.45) is -0.305. The van der Waals surface area contributed by atoms with Crippen LogP contribution in [0, 0.1) is 11.3 Å². The van der Waals surface area contributed by atoms with Crippen molar-refractivity contribution in [1.82, 2.24) is 9.80 Å². The van der Waals surface area contributed by atoms with Gasteiger partial charge in [0.25, 0.3) is 0 Å². The summed E-state index contributed by atoms with van der Waals surface area (Å²) < 4.78 is 5.50. The molecule has 0 radical (unpaired) electrons. The predicted molar refractivity (Wildman–Crippen MR) is 115 cm³/mol. The fraction of sp³-hybridized carbons (Fsp3) is 0.609. The van der Waals surface area contributed by atoms with E-state index in [9.17, 15) is 14.9 Å². The Morgan fingerprint density at radius 3 is 2.57 bits per heavy atom. The molecule has 0 N–H and O–H groups in total. The second-order valence-corrected chi connectivity index (χ2v) is 9.97. The number of benzene rings is 1. The van der Waals surface area contributed by atoms with Crippen molar-refractivity contribution in [3.8, 4) is 6.07 Å². The molecule has 2 aliphatic rings. The average molecular weight is 413 g/mol. The molecule has 0 saturated carbocycles. The van der Waals surface area contributed by atoms with Crippen molar-refractivity contribution >= 4 is 17.7 Å². The Morgan fingerprint density at radius 2 is 1.97 bits per heavy atom. The monoisotopic (exact) mass is 412 g/mol. The number of anilines is 1. The number of fused-ring (bicyclic) bond motifs is 1. The maximum atomic E-state index is 13.2. The fourth-order valence-corrected chi connectivity index (χ4v) is 4.23. The van der Waals surface area contributed by atoms with Gasteiger partial charge in [0.1, 0.15) is 5.60 Å². The largest absolute Gasteiger partial charge is 0.444 e. The number of hydrogen-bond donors (Lipinski definition) is 0. The number of hydrogen-bond acceptors (Lipinski definition) is 5. The second kappa shape index (κ2) is 7.92. The van der Waals surface area contributed by atoms with E-state index in [2.05, 4.69) is 24.8 Å². The molecule has 0 aliphatic carbocycles. The maximum absolute atomic E-state index is 13.2. The number of nitriles is 1. The Balaban J connectivity index is 1.66. The summed E-state index contributed by atoms with van der Waals surface area (Å²) in [5.41, 5.74) is 1.82. The van der Waals surface area contributed by atoms with Crippen LogP contribution >= 0.6 is 0 Å². The molecule has 2 aliphatic heterocycles. The highest BCUT2D eigenvalue weighted by Crippen LogP contribution is 2.41. The molecule has 1 atom stereocenters. The van der Waals surface area contributed by atoms with Crippen molar-refractivity contribution in [2.24, 2.45) is 0 Å². The summed E-state index contributed by atoms with van der Waals surface area (Å²) in [6.45, 7) is 14.5. The molecule has 1 saturated heterocycles. The quantitative estimate of drug-likeness (QED) is 0.746. The SMILES string of the molecule is C[C@@H]1CN(CC(=O)N2CC(C)(C)c3ccc(C#N)cc32)CCN1C(=O)OC(C)(C)C. The molecule has 7 nitrogen and oxygen atoms in total. The molecule has 1 fully saturated rings. The number of carbonyl (C=O) groups is 2. The molecule has 1 aromatic carbocycles. The van der Waals surface area contributed by atoms with E-state index in [0.29, 0.717) is 38.3 Å². The molecule has 3 rings (SSSR count). The van der Waals surface area contributed by atoms with E-state index in [1.807, 2.05) is 45.9 Å². The van der Waals surface area contributed by atoms with Gasteiger partial charge in [-0.25, -0.2) is 4.79 Å². The van der Waals surface area contributed by atoms with Crippen LogP contribution in [-0.4, -0.2) is 66.2 Å². The van der Waals surface area contributed by atoms with Crippen LogP contribution in [0.1, 0.15) is 52.7 Å². The summed E-state index contributed by atoms with van der Waals surface area (Å²) in [4.78, 5) is 31.2. The molecule has 1 aromatic rings. The van der Waals surface area contributed by atoms with Gasteiger partial charge < -0.3 is 14.5 Å². The van der Waals surface area contributed by atoms with Crippen molar-refractivity contribution in [2.45, 2.75) is 58.6 Å². The topological polar surface area (TPSA) is 76.9 Å². The summed E-state index contributed by atoms with van der Waals surface area (Å²) in [7, 11) is 0. The lowest BCUT2D eigenvalue weighted by Crippen LogP contribution is -2.56. The Labute approximate surface area is 179 Å². The highest BCUT2D eigenvalue weighted by atomic mass is 16.6. The van der Waals surface area contributed by atoms with Crippen LogP contribution in [0.5, 0.6) is 0 Å². The average Bonchev–Trinajstić information content (AvgIpc) is 2.91. The first-order valence-electron chi connectivity index (χ1n) is 10.5. The number of rotatable bonds is 2. The van der Waals surface area contributed by atoms with Crippen LogP contribution in [0.2, 0.25) is 0 Å². The maximum Gasteiger partial charge on any atom is 0.410 e. The smallest absolute Gasteiger partial charge is 0.410 e. The van der Waals surface area contributed by atoms with Crippen LogP contribution in [-0.2, 0) is 14.9 Å². The van der Waals surface area contributed by atoms with E-state index >= 15 is 0 Å². The lowest BCUT2D eigenvalue weighted by molar-refractivity contribution is -0.120. The molecule has 2 heterocycles. The first kappa shape index (κ1) is 22.1. The third-order valence-corrected chi connectivity index (χ3v) is 5.70. The number of carbonyl (C=O) groups excluding carboxylic acids is 2. The van der Waals surface area contributed by atoms with E-state index in [-0.39, 0.29) is 23.5 Å². The van der Waals surface area contributed by atoms with Crippen LogP contribution in [0.3, 0.4) is 0 Å². The van der Waals surface area contributed by atoms with Crippen LogP contribution < -0.4 is 4.90 Å². The summed E-state index contributed by atoms with van der Waals surface area (Å²) in [5, 5.41) is 9.25. The van der Waals surface area contributed by atoms with E-state index < -0.39 is 5.60 Å². The number of amides is 2. The number of piperazine rings is 1. The lowest BCUT2D eigenvalue weighted by Gasteiger charge is -2.40. The molecule has 30 heavy (non-hydrogen) atoms. The van der Waals surface area contributed by atoms with Gasteiger partial charge in [0.15, 0.2) is 0 Å². The van der Waals surface area contributed by atoms with E-state index in [4.69, 9.17) is 4.74 Å². The minimum absolute atomic E-state index is 0.0230.